The molecule has 1 heterocycles. The van der Waals surface area contributed by atoms with E-state index in [0.29, 0.717) is 0 Å². The summed E-state index contributed by atoms with van der Waals surface area (Å²) in [5, 5.41) is 2.11. The molecule has 1 rings (SSSR count). The van der Waals surface area contributed by atoms with Crippen molar-refractivity contribution in [2.24, 2.45) is 0 Å². The zero-order valence-corrected chi connectivity index (χ0v) is 8.87. The maximum Gasteiger partial charge on any atom is 0.286 e. The monoisotopic (exact) mass is 201 g/mol. The lowest BCUT2D eigenvalue weighted by Gasteiger charge is -2.17. The normalized spacial score (nSPS) is 27.8. The predicted octanol–water partition coefficient (Wildman–Crippen LogP) is 2.31. The van der Waals surface area contributed by atoms with Crippen LogP contribution in [0.2, 0.25) is 0 Å². The zero-order chi connectivity index (χ0) is 9.90. The van der Waals surface area contributed by atoms with E-state index >= 15 is 0 Å². The summed E-state index contributed by atoms with van der Waals surface area (Å²) in [5.41, 5.74) is 0. The van der Waals surface area contributed by atoms with Crippen molar-refractivity contribution < 1.29 is 9.59 Å². The molecule has 0 bridgehead atoms. The molecular weight excluding hydrogens is 186 g/mol. The molecule has 0 saturated carbocycles. The highest BCUT2D eigenvalue weighted by atomic mass is 32.2. The lowest BCUT2D eigenvalue weighted by Crippen LogP contribution is -2.33. The van der Waals surface area contributed by atoms with Gasteiger partial charge in [0.15, 0.2) is 0 Å². The van der Waals surface area contributed by atoms with E-state index in [-0.39, 0.29) is 11.1 Å². The van der Waals surface area contributed by atoms with Crippen molar-refractivity contribution in [2.75, 3.05) is 0 Å². The third-order valence-electron chi connectivity index (χ3n) is 2.27. The molecule has 0 aromatic rings. The predicted molar refractivity (Wildman–Crippen MR) is 53.7 cm³/mol. The molecule has 0 aromatic heterocycles. The first-order valence-electron chi connectivity index (χ1n) is 4.63. The molecule has 1 fully saturated rings. The molecule has 0 aromatic carbocycles. The van der Waals surface area contributed by atoms with Crippen LogP contribution < -0.4 is 5.32 Å². The molecule has 0 spiro atoms. The SMILES string of the molecule is CCCCCC1(C)SC(=O)NC1=O. The molecule has 13 heavy (non-hydrogen) atoms. The van der Waals surface area contributed by atoms with Crippen LogP contribution in [0.15, 0.2) is 0 Å². The quantitative estimate of drug-likeness (QED) is 0.710. The van der Waals surface area contributed by atoms with Crippen LogP contribution >= 0.6 is 11.8 Å². The molecule has 1 aliphatic rings. The Morgan fingerprint density at radius 3 is 2.54 bits per heavy atom. The average Bonchev–Trinajstić information content (AvgIpc) is 2.27. The van der Waals surface area contributed by atoms with Crippen molar-refractivity contribution in [2.45, 2.75) is 44.3 Å². The first-order chi connectivity index (χ1) is 6.08. The van der Waals surface area contributed by atoms with Gasteiger partial charge in [0.1, 0.15) is 4.75 Å². The summed E-state index contributed by atoms with van der Waals surface area (Å²) in [6, 6.07) is 0. The number of carbonyl (C=O) groups is 2. The van der Waals surface area contributed by atoms with Crippen molar-refractivity contribution in [3.8, 4) is 0 Å². The molecule has 0 radical (unpaired) electrons. The van der Waals surface area contributed by atoms with E-state index in [0.717, 1.165) is 37.4 Å². The van der Waals surface area contributed by atoms with Crippen LogP contribution in [0.4, 0.5) is 4.79 Å². The van der Waals surface area contributed by atoms with Gasteiger partial charge in [-0.25, -0.2) is 0 Å². The fraction of sp³-hybridized carbons (Fsp3) is 0.778. The number of nitrogens with one attached hydrogen (secondary N) is 1. The molecule has 4 heteroatoms. The Morgan fingerprint density at radius 1 is 1.38 bits per heavy atom. The fourth-order valence-electron chi connectivity index (χ4n) is 1.38. The molecule has 74 valence electrons. The van der Waals surface area contributed by atoms with Crippen molar-refractivity contribution >= 4 is 22.9 Å². The highest BCUT2D eigenvalue weighted by Gasteiger charge is 2.42. The topological polar surface area (TPSA) is 46.2 Å². The number of carbonyl (C=O) groups excluding carboxylic acids is 2. The van der Waals surface area contributed by atoms with Gasteiger partial charge in [-0.05, 0) is 25.1 Å². The van der Waals surface area contributed by atoms with Gasteiger partial charge in [-0.3, -0.25) is 14.9 Å². The number of imide groups is 1. The summed E-state index contributed by atoms with van der Waals surface area (Å²) in [5.74, 6) is -0.126. The zero-order valence-electron chi connectivity index (χ0n) is 8.05. The standard InChI is InChI=1S/C9H15NO2S/c1-3-4-5-6-9(2)7(11)10-8(12)13-9/h3-6H2,1-2H3,(H,10,11,12). The fourth-order valence-corrected chi connectivity index (χ4v) is 2.32. The Bertz CT molecular complexity index is 230. The van der Waals surface area contributed by atoms with Gasteiger partial charge in [-0.2, -0.15) is 0 Å². The summed E-state index contributed by atoms with van der Waals surface area (Å²) in [7, 11) is 0. The largest absolute Gasteiger partial charge is 0.286 e. The number of rotatable bonds is 4. The summed E-state index contributed by atoms with van der Waals surface area (Å²) in [4.78, 5) is 22.3. The molecule has 1 saturated heterocycles. The summed E-state index contributed by atoms with van der Waals surface area (Å²) >= 11 is 1.13. The highest BCUT2D eigenvalue weighted by Crippen LogP contribution is 2.35. The molecule has 1 aliphatic heterocycles. The summed E-state index contributed by atoms with van der Waals surface area (Å²) < 4.78 is -0.508. The van der Waals surface area contributed by atoms with Crippen LogP contribution in [0.25, 0.3) is 0 Å². The van der Waals surface area contributed by atoms with Crippen molar-refractivity contribution in [1.82, 2.24) is 5.32 Å². The molecule has 3 nitrogen and oxygen atoms in total. The molecular formula is C9H15NO2S. The Hall–Kier alpha value is -0.510. The van der Waals surface area contributed by atoms with Crippen LogP contribution in [-0.2, 0) is 4.79 Å². The minimum atomic E-state index is -0.508. The minimum absolute atomic E-state index is 0.126. The summed E-state index contributed by atoms with van der Waals surface area (Å²) in [6.07, 6.45) is 4.07. The summed E-state index contributed by atoms with van der Waals surface area (Å²) in [6.45, 7) is 3.96. The van der Waals surface area contributed by atoms with Crippen molar-refractivity contribution in [1.29, 1.82) is 0 Å². The van der Waals surface area contributed by atoms with E-state index < -0.39 is 4.75 Å². The van der Waals surface area contributed by atoms with Gasteiger partial charge >= 0.3 is 0 Å². The molecule has 0 aliphatic carbocycles. The first-order valence-corrected chi connectivity index (χ1v) is 5.44. The lowest BCUT2D eigenvalue weighted by molar-refractivity contribution is -0.121. The van der Waals surface area contributed by atoms with Gasteiger partial charge in [0.25, 0.3) is 5.24 Å². The van der Waals surface area contributed by atoms with Gasteiger partial charge in [-0.1, -0.05) is 26.2 Å². The van der Waals surface area contributed by atoms with E-state index in [9.17, 15) is 9.59 Å². The van der Waals surface area contributed by atoms with E-state index in [1.54, 1.807) is 0 Å². The van der Waals surface area contributed by atoms with E-state index in [1.807, 2.05) is 6.92 Å². The van der Waals surface area contributed by atoms with E-state index in [2.05, 4.69) is 12.2 Å². The maximum atomic E-state index is 11.3. The van der Waals surface area contributed by atoms with Gasteiger partial charge in [0, 0.05) is 0 Å². The van der Waals surface area contributed by atoms with Gasteiger partial charge in [0.2, 0.25) is 5.91 Å². The van der Waals surface area contributed by atoms with Crippen LogP contribution in [0.3, 0.4) is 0 Å². The number of amides is 2. The third kappa shape index (κ3) is 2.46. The Balaban J connectivity index is 2.46. The minimum Gasteiger partial charge on any atom is -0.286 e. The number of hydrogen-bond donors (Lipinski definition) is 1. The average molecular weight is 201 g/mol. The first kappa shape index (κ1) is 10.6. The number of unbranched alkanes of at least 4 members (excludes halogenated alkanes) is 2. The second-order valence-corrected chi connectivity index (χ2v) is 5.01. The van der Waals surface area contributed by atoms with Crippen LogP contribution in [0.1, 0.15) is 39.5 Å². The maximum absolute atomic E-state index is 11.3. The Morgan fingerprint density at radius 2 is 2.08 bits per heavy atom. The third-order valence-corrected chi connectivity index (χ3v) is 3.40. The Labute approximate surface area is 82.6 Å². The van der Waals surface area contributed by atoms with Gasteiger partial charge in [-0.15, -0.1) is 0 Å². The van der Waals surface area contributed by atoms with Crippen molar-refractivity contribution in [3.63, 3.8) is 0 Å². The molecule has 1 atom stereocenters. The number of hydrogen-bond acceptors (Lipinski definition) is 3. The van der Waals surface area contributed by atoms with Crippen LogP contribution in [-0.4, -0.2) is 15.9 Å². The van der Waals surface area contributed by atoms with E-state index in [4.69, 9.17) is 0 Å². The van der Waals surface area contributed by atoms with Crippen LogP contribution in [0, 0.1) is 0 Å². The number of thioether (sulfide) groups is 1. The highest BCUT2D eigenvalue weighted by molar-refractivity contribution is 8.16. The second kappa shape index (κ2) is 4.13. The smallest absolute Gasteiger partial charge is 0.286 e. The lowest BCUT2D eigenvalue weighted by atomic mass is 10.0. The van der Waals surface area contributed by atoms with Gasteiger partial charge < -0.3 is 0 Å². The molecule has 2 amide bonds. The Kier molecular flexibility index (Phi) is 3.36. The van der Waals surface area contributed by atoms with Crippen molar-refractivity contribution in [3.05, 3.63) is 0 Å². The molecule has 1 N–H and O–H groups in total. The molecule has 1 unspecified atom stereocenters. The second-order valence-electron chi connectivity index (χ2n) is 3.53. The van der Waals surface area contributed by atoms with Gasteiger partial charge in [0.05, 0.1) is 0 Å². The van der Waals surface area contributed by atoms with Crippen LogP contribution in [0.5, 0.6) is 0 Å². The van der Waals surface area contributed by atoms with E-state index in [1.165, 1.54) is 0 Å².